The minimum absolute atomic E-state index is 0.183. The van der Waals surface area contributed by atoms with Gasteiger partial charge in [0.05, 0.1) is 11.7 Å². The summed E-state index contributed by atoms with van der Waals surface area (Å²) in [7, 11) is 1.99. The Balaban J connectivity index is 1.94. The van der Waals surface area contributed by atoms with Crippen molar-refractivity contribution in [2.45, 2.75) is 18.9 Å². The third kappa shape index (κ3) is 2.32. The molecule has 4 heteroatoms. The van der Waals surface area contributed by atoms with Crippen molar-refractivity contribution in [1.29, 1.82) is 0 Å². The first-order valence-electron chi connectivity index (χ1n) is 5.08. The minimum atomic E-state index is 0.183. The van der Waals surface area contributed by atoms with Gasteiger partial charge in [-0.3, -0.25) is 4.98 Å². The summed E-state index contributed by atoms with van der Waals surface area (Å²) in [5.74, 6) is 1.51. The first-order chi connectivity index (χ1) is 7.16. The van der Waals surface area contributed by atoms with Gasteiger partial charge in [-0.05, 0) is 41.4 Å². The average Bonchev–Trinajstić information content (AvgIpc) is 2.88. The summed E-state index contributed by atoms with van der Waals surface area (Å²) in [4.78, 5) is 4.06. The van der Waals surface area contributed by atoms with Gasteiger partial charge in [-0.15, -0.1) is 0 Å². The van der Waals surface area contributed by atoms with Crippen LogP contribution in [0.3, 0.4) is 0 Å². The highest BCUT2D eigenvalue weighted by molar-refractivity contribution is 9.10. The van der Waals surface area contributed by atoms with Crippen molar-refractivity contribution < 1.29 is 4.74 Å². The van der Waals surface area contributed by atoms with Crippen LogP contribution in [0.5, 0.6) is 5.75 Å². The molecule has 1 aliphatic rings. The SMILES string of the molecule is CNC1(COc2cncc(Br)c2)CC1C. The number of ether oxygens (including phenoxy) is 1. The molecule has 15 heavy (non-hydrogen) atoms. The molecule has 0 aliphatic heterocycles. The summed E-state index contributed by atoms with van der Waals surface area (Å²) < 4.78 is 6.67. The van der Waals surface area contributed by atoms with Crippen molar-refractivity contribution in [1.82, 2.24) is 10.3 Å². The van der Waals surface area contributed by atoms with Crippen LogP contribution >= 0.6 is 15.9 Å². The van der Waals surface area contributed by atoms with Gasteiger partial charge in [0.25, 0.3) is 0 Å². The van der Waals surface area contributed by atoms with E-state index in [-0.39, 0.29) is 5.54 Å². The second-order valence-corrected chi connectivity index (χ2v) is 5.05. The molecule has 2 unspecified atom stereocenters. The Morgan fingerprint density at radius 1 is 1.67 bits per heavy atom. The lowest BCUT2D eigenvalue weighted by atomic mass is 10.2. The van der Waals surface area contributed by atoms with Crippen LogP contribution in [-0.2, 0) is 0 Å². The standard InChI is InChI=1S/C11H15BrN2O/c1-8-4-11(8,13-2)7-15-10-3-9(12)5-14-6-10/h3,5-6,8,13H,4,7H2,1-2H3. The van der Waals surface area contributed by atoms with Gasteiger partial charge >= 0.3 is 0 Å². The Bertz CT molecular complexity index is 354. The van der Waals surface area contributed by atoms with E-state index in [1.54, 1.807) is 12.4 Å². The highest BCUT2D eigenvalue weighted by atomic mass is 79.9. The van der Waals surface area contributed by atoms with Crippen molar-refractivity contribution in [2.24, 2.45) is 5.92 Å². The average molecular weight is 271 g/mol. The van der Waals surface area contributed by atoms with Gasteiger partial charge in [0.1, 0.15) is 12.4 Å². The quantitative estimate of drug-likeness (QED) is 0.911. The van der Waals surface area contributed by atoms with Crippen LogP contribution < -0.4 is 10.1 Å². The smallest absolute Gasteiger partial charge is 0.138 e. The van der Waals surface area contributed by atoms with E-state index in [1.807, 2.05) is 13.1 Å². The van der Waals surface area contributed by atoms with Crippen molar-refractivity contribution in [2.75, 3.05) is 13.7 Å². The monoisotopic (exact) mass is 270 g/mol. The maximum atomic E-state index is 5.72. The van der Waals surface area contributed by atoms with Crippen LogP contribution in [0.1, 0.15) is 13.3 Å². The van der Waals surface area contributed by atoms with Crippen LogP contribution in [0.2, 0.25) is 0 Å². The molecule has 1 saturated carbocycles. The summed E-state index contributed by atoms with van der Waals surface area (Å²) in [5, 5.41) is 3.33. The normalized spacial score (nSPS) is 28.9. The van der Waals surface area contributed by atoms with E-state index in [0.717, 1.165) is 10.2 Å². The highest BCUT2D eigenvalue weighted by Crippen LogP contribution is 2.42. The zero-order valence-electron chi connectivity index (χ0n) is 8.96. The Labute approximate surface area is 98.4 Å². The van der Waals surface area contributed by atoms with Crippen LogP contribution in [-0.4, -0.2) is 24.2 Å². The number of pyridine rings is 1. The third-order valence-electron chi connectivity index (χ3n) is 3.13. The van der Waals surface area contributed by atoms with E-state index >= 15 is 0 Å². The molecule has 1 N–H and O–H groups in total. The molecule has 1 heterocycles. The fourth-order valence-corrected chi connectivity index (χ4v) is 2.14. The second kappa shape index (κ2) is 4.10. The van der Waals surface area contributed by atoms with Crippen molar-refractivity contribution in [3.8, 4) is 5.75 Å². The lowest BCUT2D eigenvalue weighted by molar-refractivity contribution is 0.249. The molecule has 1 aromatic rings. The highest BCUT2D eigenvalue weighted by Gasteiger charge is 2.50. The molecule has 0 radical (unpaired) electrons. The fourth-order valence-electron chi connectivity index (χ4n) is 1.79. The number of likely N-dealkylation sites (N-methyl/N-ethyl adjacent to an activating group) is 1. The predicted molar refractivity (Wildman–Crippen MR) is 63.0 cm³/mol. The fraction of sp³-hybridized carbons (Fsp3) is 0.545. The Kier molecular flexibility index (Phi) is 2.98. The first-order valence-corrected chi connectivity index (χ1v) is 5.88. The third-order valence-corrected chi connectivity index (χ3v) is 3.56. The van der Waals surface area contributed by atoms with Crippen LogP contribution in [0.15, 0.2) is 22.9 Å². The summed E-state index contributed by atoms with van der Waals surface area (Å²) in [6.07, 6.45) is 4.67. The molecular formula is C11H15BrN2O. The summed E-state index contributed by atoms with van der Waals surface area (Å²) in [5.41, 5.74) is 0.183. The number of nitrogens with one attached hydrogen (secondary N) is 1. The molecule has 3 nitrogen and oxygen atoms in total. The van der Waals surface area contributed by atoms with E-state index in [4.69, 9.17) is 4.74 Å². The van der Waals surface area contributed by atoms with Crippen LogP contribution in [0, 0.1) is 5.92 Å². The molecule has 2 rings (SSSR count). The molecule has 1 aliphatic carbocycles. The van der Waals surface area contributed by atoms with Gasteiger partial charge in [-0.25, -0.2) is 0 Å². The molecule has 0 bridgehead atoms. The molecule has 82 valence electrons. The lowest BCUT2D eigenvalue weighted by Gasteiger charge is -2.16. The topological polar surface area (TPSA) is 34.1 Å². The van der Waals surface area contributed by atoms with Gasteiger partial charge in [0.15, 0.2) is 0 Å². The zero-order valence-corrected chi connectivity index (χ0v) is 10.5. The maximum Gasteiger partial charge on any atom is 0.138 e. The Morgan fingerprint density at radius 2 is 2.40 bits per heavy atom. The number of rotatable bonds is 4. The number of aromatic nitrogens is 1. The van der Waals surface area contributed by atoms with Crippen molar-refractivity contribution >= 4 is 15.9 Å². The van der Waals surface area contributed by atoms with Crippen molar-refractivity contribution in [3.63, 3.8) is 0 Å². The molecule has 0 aromatic carbocycles. The van der Waals surface area contributed by atoms with E-state index in [2.05, 4.69) is 33.2 Å². The summed E-state index contributed by atoms with van der Waals surface area (Å²) in [6.45, 7) is 2.95. The van der Waals surface area contributed by atoms with Gasteiger partial charge in [-0.1, -0.05) is 6.92 Å². The van der Waals surface area contributed by atoms with Crippen LogP contribution in [0.25, 0.3) is 0 Å². The van der Waals surface area contributed by atoms with Crippen molar-refractivity contribution in [3.05, 3.63) is 22.9 Å². The van der Waals surface area contributed by atoms with Gasteiger partial charge in [0, 0.05) is 10.7 Å². The molecule has 1 fully saturated rings. The molecule has 0 spiro atoms. The predicted octanol–water partition coefficient (Wildman–Crippen LogP) is 2.22. The Hall–Kier alpha value is -0.610. The van der Waals surface area contributed by atoms with Gasteiger partial charge in [-0.2, -0.15) is 0 Å². The molecule has 1 aromatic heterocycles. The number of hydrogen-bond donors (Lipinski definition) is 1. The second-order valence-electron chi connectivity index (χ2n) is 4.14. The van der Waals surface area contributed by atoms with E-state index < -0.39 is 0 Å². The zero-order chi connectivity index (χ0) is 10.9. The van der Waals surface area contributed by atoms with E-state index in [9.17, 15) is 0 Å². The number of halogens is 1. The van der Waals surface area contributed by atoms with E-state index in [0.29, 0.717) is 12.5 Å². The Morgan fingerprint density at radius 3 is 2.93 bits per heavy atom. The molecule has 0 amide bonds. The minimum Gasteiger partial charge on any atom is -0.490 e. The number of nitrogens with zero attached hydrogens (tertiary/aromatic N) is 1. The summed E-state index contributed by atoms with van der Waals surface area (Å²) >= 11 is 3.37. The maximum absolute atomic E-state index is 5.72. The van der Waals surface area contributed by atoms with Gasteiger partial charge < -0.3 is 10.1 Å². The molecule has 2 atom stereocenters. The van der Waals surface area contributed by atoms with E-state index in [1.165, 1.54) is 6.42 Å². The lowest BCUT2D eigenvalue weighted by Crippen LogP contribution is -2.36. The van der Waals surface area contributed by atoms with Crippen LogP contribution in [0.4, 0.5) is 0 Å². The largest absolute Gasteiger partial charge is 0.490 e. The molecular weight excluding hydrogens is 256 g/mol. The first kappa shape index (κ1) is 10.9. The molecule has 0 saturated heterocycles. The van der Waals surface area contributed by atoms with Gasteiger partial charge in [0.2, 0.25) is 0 Å². The number of hydrogen-bond acceptors (Lipinski definition) is 3. The summed E-state index contributed by atoms with van der Waals surface area (Å²) in [6, 6.07) is 1.93.